The van der Waals surface area contributed by atoms with Gasteiger partial charge in [-0.1, -0.05) is 13.0 Å². The largest absolute Gasteiger partial charge is 0.508 e. The highest BCUT2D eigenvalue weighted by Gasteiger charge is 2.68. The summed E-state index contributed by atoms with van der Waals surface area (Å²) in [5, 5.41) is 59.7. The van der Waals surface area contributed by atoms with Gasteiger partial charge in [0.25, 0.3) is 5.91 Å². The number of nitrogens with one attached hydrogen (secondary N) is 1. The Bertz CT molecular complexity index is 1460. The number of urea groups is 1. The lowest BCUT2D eigenvalue weighted by molar-refractivity contribution is -0.169. The van der Waals surface area contributed by atoms with Crippen molar-refractivity contribution in [2.75, 3.05) is 52.6 Å². The number of anilines is 1. The summed E-state index contributed by atoms with van der Waals surface area (Å²) in [6.07, 6.45) is -1.68. The molecule has 3 amide bonds. The second-order valence-electron chi connectivity index (χ2n) is 11.7. The number of hydrogen-bond donors (Lipinski definition) is 7. The van der Waals surface area contributed by atoms with Gasteiger partial charge >= 0.3 is 6.03 Å². The van der Waals surface area contributed by atoms with E-state index in [1.54, 1.807) is 17.9 Å². The molecule has 6 atom stereocenters. The number of benzene rings is 1. The number of amides is 3. The fourth-order valence-electron chi connectivity index (χ4n) is 6.92. The van der Waals surface area contributed by atoms with E-state index in [2.05, 4.69) is 10.2 Å². The molecule has 0 bridgehead atoms. The molecule has 0 spiro atoms. The average molecular weight is 586 g/mol. The van der Waals surface area contributed by atoms with Gasteiger partial charge in [0.15, 0.2) is 11.4 Å². The summed E-state index contributed by atoms with van der Waals surface area (Å²) in [7, 11) is 4.83. The van der Waals surface area contributed by atoms with Crippen molar-refractivity contribution in [3.8, 4) is 5.75 Å². The van der Waals surface area contributed by atoms with Gasteiger partial charge in [0.2, 0.25) is 5.78 Å². The van der Waals surface area contributed by atoms with Crippen LogP contribution in [0, 0.1) is 11.8 Å². The minimum Gasteiger partial charge on any atom is -0.508 e. The Balaban J connectivity index is 1.63. The van der Waals surface area contributed by atoms with Crippen molar-refractivity contribution in [1.29, 1.82) is 0 Å². The van der Waals surface area contributed by atoms with E-state index in [9.17, 15) is 44.7 Å². The number of aromatic hydroxyl groups is 1. The maximum atomic E-state index is 14.1. The SMILES string of the molecule is CC1c2ccc(NC(=O)N3CCN(C)CC3)c(O)c2C(O)=C2C(=O)C3(O)C(O)=C(C(N)=O)C(=O)C(N(C)C)C3C(O)C21. The van der Waals surface area contributed by atoms with Gasteiger partial charge in [-0.2, -0.15) is 0 Å². The highest BCUT2D eigenvalue weighted by atomic mass is 16.4. The number of aliphatic hydroxyl groups is 4. The fraction of sp³-hybridized carbons (Fsp3) is 0.500. The molecule has 3 aliphatic carbocycles. The molecule has 42 heavy (non-hydrogen) atoms. The lowest BCUT2D eigenvalue weighted by Gasteiger charge is -2.53. The lowest BCUT2D eigenvalue weighted by Crippen LogP contribution is -2.70. The number of aliphatic hydroxyl groups excluding tert-OH is 3. The zero-order valence-electron chi connectivity index (χ0n) is 23.7. The zero-order valence-corrected chi connectivity index (χ0v) is 23.7. The van der Waals surface area contributed by atoms with Crippen molar-refractivity contribution in [2.45, 2.75) is 30.6 Å². The summed E-state index contributed by atoms with van der Waals surface area (Å²) in [6.45, 7) is 3.91. The third-order valence-corrected chi connectivity index (χ3v) is 9.16. The van der Waals surface area contributed by atoms with Crippen LogP contribution >= 0.6 is 0 Å². The summed E-state index contributed by atoms with van der Waals surface area (Å²) in [6, 6.07) is 1.10. The first-order valence-electron chi connectivity index (χ1n) is 13.6. The molecule has 226 valence electrons. The van der Waals surface area contributed by atoms with Crippen LogP contribution in [0.15, 0.2) is 29.0 Å². The standard InChI is InChI=1S/C28H35N5O9/c1-11-12-5-6-13(30-27(41)33-9-7-32(4)8-10-33)20(34)15(12)21(35)16-14(11)22(36)18-19(31(2)3)23(37)17(26(29)40)25(39)28(18,42)24(16)38/h5-6,11,14,18-19,22,34-36,39,42H,7-10H2,1-4H3,(H2,29,40)(H,30,41). The zero-order chi connectivity index (χ0) is 31.0. The normalized spacial score (nSPS) is 31.6. The van der Waals surface area contributed by atoms with Crippen molar-refractivity contribution in [1.82, 2.24) is 14.7 Å². The van der Waals surface area contributed by atoms with Gasteiger partial charge in [-0.3, -0.25) is 19.3 Å². The van der Waals surface area contributed by atoms with Crippen molar-refractivity contribution < 1.29 is 44.7 Å². The molecule has 1 heterocycles. The van der Waals surface area contributed by atoms with Crippen molar-refractivity contribution >= 4 is 35.0 Å². The van der Waals surface area contributed by atoms with Crippen molar-refractivity contribution in [3.63, 3.8) is 0 Å². The second kappa shape index (κ2) is 10.1. The number of likely N-dealkylation sites (N-methyl/N-ethyl adjacent to an activating group) is 2. The number of nitrogens with two attached hydrogens (primary N) is 1. The highest BCUT2D eigenvalue weighted by molar-refractivity contribution is 6.24. The Morgan fingerprint density at radius 2 is 1.71 bits per heavy atom. The summed E-state index contributed by atoms with van der Waals surface area (Å²) in [4.78, 5) is 57.3. The van der Waals surface area contributed by atoms with Gasteiger partial charge in [-0.25, -0.2) is 4.79 Å². The molecule has 0 aromatic heterocycles. The maximum absolute atomic E-state index is 14.1. The van der Waals surface area contributed by atoms with Gasteiger partial charge in [0.1, 0.15) is 22.8 Å². The van der Waals surface area contributed by atoms with Crippen LogP contribution in [0.2, 0.25) is 0 Å². The van der Waals surface area contributed by atoms with Crippen LogP contribution < -0.4 is 11.1 Å². The average Bonchev–Trinajstić information content (AvgIpc) is 2.92. The Kier molecular flexibility index (Phi) is 7.08. The minimum absolute atomic E-state index is 0.0365. The molecule has 1 saturated carbocycles. The van der Waals surface area contributed by atoms with E-state index in [4.69, 9.17) is 5.73 Å². The molecular weight excluding hydrogens is 550 g/mol. The second-order valence-corrected chi connectivity index (χ2v) is 11.7. The molecule has 6 unspecified atom stereocenters. The number of fused-ring (bicyclic) bond motifs is 3. The van der Waals surface area contributed by atoms with Crippen LogP contribution in [-0.2, 0) is 14.4 Å². The Morgan fingerprint density at radius 3 is 2.29 bits per heavy atom. The topological polar surface area (TPSA) is 217 Å². The molecule has 1 aliphatic heterocycles. The Hall–Kier alpha value is -3.98. The van der Waals surface area contributed by atoms with Crippen LogP contribution in [0.4, 0.5) is 10.5 Å². The third kappa shape index (κ3) is 4.01. The van der Waals surface area contributed by atoms with E-state index < -0.39 is 87.4 Å². The predicted octanol–water partition coefficient (Wildman–Crippen LogP) is -0.725. The Morgan fingerprint density at radius 1 is 1.10 bits per heavy atom. The molecule has 5 rings (SSSR count). The molecule has 0 radical (unpaired) electrons. The van der Waals surface area contributed by atoms with Gasteiger partial charge in [-0.15, -0.1) is 0 Å². The number of hydrogen-bond acceptors (Lipinski definition) is 11. The smallest absolute Gasteiger partial charge is 0.322 e. The van der Waals surface area contributed by atoms with Crippen molar-refractivity contribution in [3.05, 3.63) is 40.2 Å². The first kappa shape index (κ1) is 29.5. The number of piperazine rings is 1. The van der Waals surface area contributed by atoms with E-state index in [-0.39, 0.29) is 11.3 Å². The third-order valence-electron chi connectivity index (χ3n) is 9.16. The molecule has 4 aliphatic rings. The molecule has 2 fully saturated rings. The maximum Gasteiger partial charge on any atom is 0.322 e. The van der Waals surface area contributed by atoms with E-state index in [0.717, 1.165) is 0 Å². The summed E-state index contributed by atoms with van der Waals surface area (Å²) in [5.74, 6) is -9.75. The highest BCUT2D eigenvalue weighted by Crippen LogP contribution is 2.56. The summed E-state index contributed by atoms with van der Waals surface area (Å²) in [5.41, 5.74) is 0.979. The quantitative estimate of drug-likeness (QED) is 0.173. The lowest BCUT2D eigenvalue weighted by atomic mass is 9.54. The van der Waals surface area contributed by atoms with E-state index >= 15 is 0 Å². The predicted molar refractivity (Wildman–Crippen MR) is 148 cm³/mol. The van der Waals surface area contributed by atoms with E-state index in [0.29, 0.717) is 31.7 Å². The molecule has 8 N–H and O–H groups in total. The van der Waals surface area contributed by atoms with E-state index in [1.165, 1.54) is 25.1 Å². The number of carbonyl (C=O) groups excluding carboxylic acids is 4. The molecule has 1 aromatic carbocycles. The van der Waals surface area contributed by atoms with E-state index in [1.807, 2.05) is 7.05 Å². The van der Waals surface area contributed by atoms with Crippen LogP contribution in [-0.4, -0.2) is 129 Å². The molecule has 1 saturated heterocycles. The van der Waals surface area contributed by atoms with Crippen LogP contribution in [0.3, 0.4) is 0 Å². The van der Waals surface area contributed by atoms with Gasteiger partial charge < -0.3 is 46.4 Å². The number of primary amides is 1. The van der Waals surface area contributed by atoms with Crippen molar-refractivity contribution in [2.24, 2.45) is 17.6 Å². The molecule has 14 heteroatoms. The van der Waals surface area contributed by atoms with Crippen LogP contribution in [0.25, 0.3) is 5.76 Å². The first-order valence-corrected chi connectivity index (χ1v) is 13.6. The number of Topliss-reactive ketones (excluding diaryl/α,β-unsaturated/α-hetero) is 2. The summed E-state index contributed by atoms with van der Waals surface area (Å²) >= 11 is 0. The number of rotatable bonds is 3. The van der Waals surface area contributed by atoms with Crippen LogP contribution in [0.1, 0.15) is 24.0 Å². The van der Waals surface area contributed by atoms with Gasteiger partial charge in [0.05, 0.1) is 29.3 Å². The molecule has 1 aromatic rings. The number of phenols is 1. The number of nitrogens with zero attached hydrogens (tertiary/aromatic N) is 3. The minimum atomic E-state index is -2.99. The molecular formula is C28H35N5O9. The van der Waals surface area contributed by atoms with Gasteiger partial charge in [-0.05, 0) is 38.7 Å². The van der Waals surface area contributed by atoms with Gasteiger partial charge in [0, 0.05) is 37.7 Å². The summed E-state index contributed by atoms with van der Waals surface area (Å²) < 4.78 is 0. The van der Waals surface area contributed by atoms with Crippen LogP contribution in [0.5, 0.6) is 5.75 Å². The molecule has 14 nitrogen and oxygen atoms in total. The first-order chi connectivity index (χ1) is 19.6. The number of carbonyl (C=O) groups is 4. The fourth-order valence-corrected chi connectivity index (χ4v) is 6.92. The number of ketones is 2. The Labute approximate surface area is 241 Å². The monoisotopic (exact) mass is 585 g/mol. The number of phenolic OH excluding ortho intramolecular Hbond substituents is 1.